The highest BCUT2D eigenvalue weighted by atomic mass is 16.5. The van der Waals surface area contributed by atoms with E-state index in [2.05, 4.69) is 20.9 Å². The average Bonchev–Trinajstić information content (AvgIpc) is 3.12. The van der Waals surface area contributed by atoms with Gasteiger partial charge in [0.2, 0.25) is 5.91 Å². The summed E-state index contributed by atoms with van der Waals surface area (Å²) in [4.78, 5) is 23.4. The Morgan fingerprint density at radius 3 is 3.04 bits per heavy atom. The van der Waals surface area contributed by atoms with E-state index >= 15 is 0 Å². The van der Waals surface area contributed by atoms with E-state index in [-0.39, 0.29) is 31.0 Å². The number of amides is 2. The zero-order valence-electron chi connectivity index (χ0n) is 14.0. The van der Waals surface area contributed by atoms with Crippen molar-refractivity contribution in [2.24, 2.45) is 0 Å². The van der Waals surface area contributed by atoms with Crippen molar-refractivity contribution in [3.63, 3.8) is 0 Å². The topological polar surface area (TPSA) is 107 Å². The van der Waals surface area contributed by atoms with Crippen molar-refractivity contribution < 1.29 is 19.1 Å². The minimum absolute atomic E-state index is 0.0263. The summed E-state index contributed by atoms with van der Waals surface area (Å²) in [7, 11) is 0. The highest BCUT2D eigenvalue weighted by Gasteiger charge is 2.19. The molecule has 3 rings (SSSR count). The summed E-state index contributed by atoms with van der Waals surface area (Å²) in [6.07, 6.45) is 1.81. The number of carbonyl (C=O) groups excluding carboxylic acids is 2. The fraction of sp³-hybridized carbons (Fsp3) is 0.375. The Kier molecular flexibility index (Phi) is 4.82. The van der Waals surface area contributed by atoms with Gasteiger partial charge in [0.1, 0.15) is 18.4 Å². The van der Waals surface area contributed by atoms with Crippen molar-refractivity contribution in [2.45, 2.75) is 32.9 Å². The monoisotopic (exact) mass is 345 g/mol. The molecule has 9 nitrogen and oxygen atoms in total. The van der Waals surface area contributed by atoms with Gasteiger partial charge < -0.3 is 14.8 Å². The first-order chi connectivity index (χ1) is 12.0. The maximum absolute atomic E-state index is 12.1. The summed E-state index contributed by atoms with van der Waals surface area (Å²) in [5, 5.41) is 12.8. The van der Waals surface area contributed by atoms with E-state index in [1.54, 1.807) is 13.0 Å². The first kappa shape index (κ1) is 16.7. The molecule has 2 amide bonds. The number of fused-ring (bicyclic) bond motifs is 1. The van der Waals surface area contributed by atoms with Crippen molar-refractivity contribution in [1.82, 2.24) is 15.0 Å². The van der Waals surface area contributed by atoms with Gasteiger partial charge in [0.15, 0.2) is 5.82 Å². The largest absolute Gasteiger partial charge is 0.490 e. The number of benzene rings is 1. The molecule has 0 spiro atoms. The molecule has 2 heterocycles. The number of rotatable bonds is 5. The fourth-order valence-electron chi connectivity index (χ4n) is 2.55. The zero-order valence-corrected chi connectivity index (χ0v) is 14.0. The van der Waals surface area contributed by atoms with E-state index in [1.165, 1.54) is 10.9 Å². The number of aromatic nitrogens is 3. The Labute approximate surface area is 144 Å². The highest BCUT2D eigenvalue weighted by molar-refractivity contribution is 5.90. The van der Waals surface area contributed by atoms with Crippen LogP contribution in [0.15, 0.2) is 24.4 Å². The molecule has 1 atom stereocenters. The molecule has 2 N–H and O–H groups in total. The van der Waals surface area contributed by atoms with Crippen LogP contribution in [0.1, 0.15) is 19.4 Å². The minimum atomic E-state index is -0.617. The third kappa shape index (κ3) is 4.25. The third-order valence-corrected chi connectivity index (χ3v) is 3.53. The molecule has 25 heavy (non-hydrogen) atoms. The van der Waals surface area contributed by atoms with E-state index < -0.39 is 6.09 Å². The van der Waals surface area contributed by atoms with Crippen LogP contribution in [0.5, 0.6) is 5.75 Å². The van der Waals surface area contributed by atoms with Gasteiger partial charge in [-0.1, -0.05) is 5.21 Å². The van der Waals surface area contributed by atoms with Crippen LogP contribution in [-0.2, 0) is 22.5 Å². The Morgan fingerprint density at radius 2 is 2.24 bits per heavy atom. The van der Waals surface area contributed by atoms with Gasteiger partial charge >= 0.3 is 6.09 Å². The second-order valence-corrected chi connectivity index (χ2v) is 5.65. The molecule has 1 aliphatic rings. The number of anilines is 2. The van der Waals surface area contributed by atoms with E-state index in [0.29, 0.717) is 5.69 Å². The summed E-state index contributed by atoms with van der Waals surface area (Å²) >= 11 is 0. The molecule has 0 bridgehead atoms. The maximum Gasteiger partial charge on any atom is 0.412 e. The van der Waals surface area contributed by atoms with Gasteiger partial charge in [0.25, 0.3) is 0 Å². The number of hydrogen-bond donors (Lipinski definition) is 2. The molecular formula is C16H19N5O4. The standard InChI is InChI=1S/C16H19N5O4/c1-3-24-16(23)18-14-8-21(20-19-14)9-15(22)17-12-4-5-13-11(7-12)6-10(2)25-13/h4-5,7-8,10H,3,6,9H2,1-2H3,(H,17,22)(H,18,23). The number of hydrogen-bond acceptors (Lipinski definition) is 6. The first-order valence-electron chi connectivity index (χ1n) is 7.97. The quantitative estimate of drug-likeness (QED) is 0.856. The number of ether oxygens (including phenoxy) is 2. The van der Waals surface area contributed by atoms with Crippen LogP contribution in [-0.4, -0.2) is 39.7 Å². The van der Waals surface area contributed by atoms with Gasteiger partial charge in [-0.2, -0.15) is 0 Å². The number of nitrogens with zero attached hydrogens (tertiary/aromatic N) is 3. The molecule has 0 radical (unpaired) electrons. The van der Waals surface area contributed by atoms with Crippen LogP contribution < -0.4 is 15.4 Å². The molecule has 0 fully saturated rings. The Hall–Kier alpha value is -3.10. The van der Waals surface area contributed by atoms with Crippen LogP contribution in [0.25, 0.3) is 0 Å². The van der Waals surface area contributed by atoms with Gasteiger partial charge in [-0.25, -0.2) is 9.48 Å². The zero-order chi connectivity index (χ0) is 17.8. The van der Waals surface area contributed by atoms with Crippen molar-refractivity contribution in [3.05, 3.63) is 30.0 Å². The van der Waals surface area contributed by atoms with Gasteiger partial charge in [-0.05, 0) is 37.6 Å². The fourth-order valence-corrected chi connectivity index (χ4v) is 2.55. The van der Waals surface area contributed by atoms with Crippen LogP contribution in [0.4, 0.5) is 16.3 Å². The third-order valence-electron chi connectivity index (χ3n) is 3.53. The minimum Gasteiger partial charge on any atom is -0.490 e. The summed E-state index contributed by atoms with van der Waals surface area (Å²) in [5.41, 5.74) is 1.78. The molecule has 2 aromatic rings. The predicted octanol–water partition coefficient (Wildman–Crippen LogP) is 1.81. The SMILES string of the molecule is CCOC(=O)Nc1cn(CC(=O)Nc2ccc3c(c2)CC(C)O3)nn1. The molecular weight excluding hydrogens is 326 g/mol. The molecule has 1 aromatic heterocycles. The Bertz CT molecular complexity index is 789. The lowest BCUT2D eigenvalue weighted by atomic mass is 10.1. The molecule has 9 heteroatoms. The molecule has 0 aliphatic carbocycles. The predicted molar refractivity (Wildman–Crippen MR) is 89.5 cm³/mol. The van der Waals surface area contributed by atoms with Crippen LogP contribution in [0, 0.1) is 0 Å². The average molecular weight is 345 g/mol. The van der Waals surface area contributed by atoms with Crippen molar-refractivity contribution in [3.8, 4) is 5.75 Å². The second kappa shape index (κ2) is 7.20. The van der Waals surface area contributed by atoms with E-state index in [4.69, 9.17) is 9.47 Å². The molecule has 1 aliphatic heterocycles. The second-order valence-electron chi connectivity index (χ2n) is 5.65. The van der Waals surface area contributed by atoms with E-state index in [9.17, 15) is 9.59 Å². The number of nitrogens with one attached hydrogen (secondary N) is 2. The maximum atomic E-state index is 12.1. The van der Waals surface area contributed by atoms with E-state index in [0.717, 1.165) is 17.7 Å². The van der Waals surface area contributed by atoms with E-state index in [1.807, 2.05) is 19.1 Å². The lowest BCUT2D eigenvalue weighted by Gasteiger charge is -2.06. The van der Waals surface area contributed by atoms with Crippen LogP contribution >= 0.6 is 0 Å². The smallest absolute Gasteiger partial charge is 0.412 e. The van der Waals surface area contributed by atoms with Gasteiger partial charge in [0.05, 0.1) is 12.8 Å². The lowest BCUT2D eigenvalue weighted by Crippen LogP contribution is -2.19. The summed E-state index contributed by atoms with van der Waals surface area (Å²) in [5.74, 6) is 0.825. The highest BCUT2D eigenvalue weighted by Crippen LogP contribution is 2.30. The molecule has 132 valence electrons. The van der Waals surface area contributed by atoms with Crippen molar-refractivity contribution >= 4 is 23.5 Å². The lowest BCUT2D eigenvalue weighted by molar-refractivity contribution is -0.116. The molecule has 1 unspecified atom stereocenters. The molecule has 1 aromatic carbocycles. The molecule has 0 saturated heterocycles. The van der Waals surface area contributed by atoms with Crippen LogP contribution in [0.2, 0.25) is 0 Å². The Morgan fingerprint density at radius 1 is 1.40 bits per heavy atom. The van der Waals surface area contributed by atoms with Crippen molar-refractivity contribution in [2.75, 3.05) is 17.2 Å². The molecule has 0 saturated carbocycles. The summed E-state index contributed by atoms with van der Waals surface area (Å²) in [6.45, 7) is 3.94. The normalized spacial score (nSPS) is 15.2. The number of carbonyl (C=O) groups is 2. The van der Waals surface area contributed by atoms with Crippen LogP contribution in [0.3, 0.4) is 0 Å². The van der Waals surface area contributed by atoms with Crippen molar-refractivity contribution in [1.29, 1.82) is 0 Å². The van der Waals surface area contributed by atoms with Gasteiger partial charge in [0, 0.05) is 12.1 Å². The summed E-state index contributed by atoms with van der Waals surface area (Å²) in [6, 6.07) is 5.56. The first-order valence-corrected chi connectivity index (χ1v) is 7.97. The van der Waals surface area contributed by atoms with Gasteiger partial charge in [-0.3, -0.25) is 10.1 Å². The Balaban J connectivity index is 1.55. The van der Waals surface area contributed by atoms with Gasteiger partial charge in [-0.15, -0.1) is 5.10 Å². The summed E-state index contributed by atoms with van der Waals surface area (Å²) < 4.78 is 11.7.